The number of hydrogen-bond donors (Lipinski definition) is 1. The lowest BCUT2D eigenvalue weighted by Gasteiger charge is -2.44. The lowest BCUT2D eigenvalue weighted by Crippen LogP contribution is -2.55. The van der Waals surface area contributed by atoms with Gasteiger partial charge in [0.1, 0.15) is 0 Å². The van der Waals surface area contributed by atoms with E-state index in [1.54, 1.807) is 6.20 Å². The van der Waals surface area contributed by atoms with Gasteiger partial charge in [-0.2, -0.15) is 0 Å². The van der Waals surface area contributed by atoms with Crippen LogP contribution in [0.4, 0.5) is 0 Å². The number of aliphatic hydroxyl groups excluding tert-OH is 1. The van der Waals surface area contributed by atoms with E-state index in [4.69, 9.17) is 0 Å². The Morgan fingerprint density at radius 1 is 1.26 bits per heavy atom. The molecular weight excluding hydrogens is 236 g/mol. The lowest BCUT2D eigenvalue weighted by molar-refractivity contribution is -0.0249. The summed E-state index contributed by atoms with van der Waals surface area (Å²) in [5.74, 6) is 0. The first-order valence-corrected chi connectivity index (χ1v) is 7.56. The van der Waals surface area contributed by atoms with E-state index < -0.39 is 0 Å². The Morgan fingerprint density at radius 2 is 1.95 bits per heavy atom. The topological polar surface area (TPSA) is 36.4 Å². The first kappa shape index (κ1) is 14.5. The second-order valence-electron chi connectivity index (χ2n) is 5.52. The maximum absolute atomic E-state index is 10.8. The molecule has 0 aliphatic heterocycles. The van der Waals surface area contributed by atoms with Crippen LogP contribution in [0.5, 0.6) is 0 Å². The van der Waals surface area contributed by atoms with Gasteiger partial charge in [-0.3, -0.25) is 9.88 Å². The molecule has 3 nitrogen and oxygen atoms in total. The van der Waals surface area contributed by atoms with Gasteiger partial charge in [-0.15, -0.1) is 0 Å². The van der Waals surface area contributed by atoms with Crippen LogP contribution < -0.4 is 0 Å². The van der Waals surface area contributed by atoms with Gasteiger partial charge in [-0.05, 0) is 38.1 Å². The van der Waals surface area contributed by atoms with Crippen LogP contribution in [0, 0.1) is 0 Å². The normalized spacial score (nSPS) is 19.8. The van der Waals surface area contributed by atoms with E-state index in [0.29, 0.717) is 6.42 Å². The fraction of sp³-hybridized carbons (Fsp3) is 0.688. The average Bonchev–Trinajstić information content (AvgIpc) is 2.92. The van der Waals surface area contributed by atoms with E-state index in [0.717, 1.165) is 31.6 Å². The SMILES string of the molecule is CCN(CC)C1(C(O)Cc2ccccn2)CCCC1. The monoisotopic (exact) mass is 262 g/mol. The standard InChI is InChI=1S/C16H26N2O/c1-3-18(4-2)16(10-6-7-11-16)15(19)13-14-9-5-8-12-17-14/h5,8-9,12,15,19H,3-4,6-7,10-11,13H2,1-2H3. The zero-order chi connectivity index (χ0) is 13.7. The van der Waals surface area contributed by atoms with E-state index in [-0.39, 0.29) is 11.6 Å². The molecule has 1 fully saturated rings. The van der Waals surface area contributed by atoms with Gasteiger partial charge in [0.25, 0.3) is 0 Å². The molecule has 3 heteroatoms. The summed E-state index contributed by atoms with van der Waals surface area (Å²) in [5.41, 5.74) is 0.967. The predicted octanol–water partition coefficient (Wildman–Crippen LogP) is 2.64. The first-order valence-electron chi connectivity index (χ1n) is 7.56. The highest BCUT2D eigenvalue weighted by Crippen LogP contribution is 2.39. The van der Waals surface area contributed by atoms with Gasteiger partial charge < -0.3 is 5.11 Å². The van der Waals surface area contributed by atoms with Crippen molar-refractivity contribution in [2.75, 3.05) is 13.1 Å². The fourth-order valence-corrected chi connectivity index (χ4v) is 3.61. The quantitative estimate of drug-likeness (QED) is 0.856. The maximum Gasteiger partial charge on any atom is 0.0779 e. The summed E-state index contributed by atoms with van der Waals surface area (Å²) in [7, 11) is 0. The molecule has 1 heterocycles. The molecule has 2 rings (SSSR count). The van der Waals surface area contributed by atoms with Crippen LogP contribution in [0.2, 0.25) is 0 Å². The van der Waals surface area contributed by atoms with Gasteiger partial charge in [-0.1, -0.05) is 32.8 Å². The van der Waals surface area contributed by atoms with Crippen molar-refractivity contribution in [2.45, 2.75) is 57.6 Å². The van der Waals surface area contributed by atoms with Crippen LogP contribution in [0.15, 0.2) is 24.4 Å². The van der Waals surface area contributed by atoms with Crippen molar-refractivity contribution in [3.63, 3.8) is 0 Å². The Labute approximate surface area is 116 Å². The lowest BCUT2D eigenvalue weighted by atomic mass is 9.85. The van der Waals surface area contributed by atoms with Crippen molar-refractivity contribution in [3.8, 4) is 0 Å². The largest absolute Gasteiger partial charge is 0.391 e. The predicted molar refractivity (Wildman–Crippen MR) is 78.1 cm³/mol. The van der Waals surface area contributed by atoms with E-state index in [9.17, 15) is 5.11 Å². The number of pyridine rings is 1. The third-order valence-electron chi connectivity index (χ3n) is 4.61. The van der Waals surface area contributed by atoms with Crippen molar-refractivity contribution >= 4 is 0 Å². The van der Waals surface area contributed by atoms with Gasteiger partial charge >= 0.3 is 0 Å². The van der Waals surface area contributed by atoms with E-state index in [2.05, 4.69) is 23.7 Å². The van der Waals surface area contributed by atoms with Gasteiger partial charge in [0.2, 0.25) is 0 Å². The number of aliphatic hydroxyl groups is 1. The minimum atomic E-state index is -0.315. The van der Waals surface area contributed by atoms with Crippen LogP contribution in [-0.2, 0) is 6.42 Å². The number of nitrogens with zero attached hydrogens (tertiary/aromatic N) is 2. The Morgan fingerprint density at radius 3 is 2.47 bits per heavy atom. The van der Waals surface area contributed by atoms with Crippen LogP contribution in [0.1, 0.15) is 45.2 Å². The number of likely N-dealkylation sites (N-methyl/N-ethyl adjacent to an activating group) is 1. The molecule has 1 aliphatic rings. The molecule has 0 bridgehead atoms. The van der Waals surface area contributed by atoms with Gasteiger partial charge in [0.05, 0.1) is 6.10 Å². The molecular formula is C16H26N2O. The Kier molecular flexibility index (Phi) is 4.94. The molecule has 1 saturated carbocycles. The number of aromatic nitrogens is 1. The van der Waals surface area contributed by atoms with Crippen LogP contribution in [-0.4, -0.2) is 39.7 Å². The van der Waals surface area contributed by atoms with Crippen molar-refractivity contribution in [1.82, 2.24) is 9.88 Å². The zero-order valence-corrected chi connectivity index (χ0v) is 12.2. The van der Waals surface area contributed by atoms with Gasteiger partial charge in [0, 0.05) is 23.9 Å². The Bertz CT molecular complexity index is 370. The van der Waals surface area contributed by atoms with Crippen molar-refractivity contribution in [1.29, 1.82) is 0 Å². The van der Waals surface area contributed by atoms with Crippen molar-refractivity contribution in [3.05, 3.63) is 30.1 Å². The Balaban J connectivity index is 2.14. The summed E-state index contributed by atoms with van der Waals surface area (Å²) in [5, 5.41) is 10.8. The summed E-state index contributed by atoms with van der Waals surface area (Å²) < 4.78 is 0. The summed E-state index contributed by atoms with van der Waals surface area (Å²) in [4.78, 5) is 6.81. The second kappa shape index (κ2) is 6.49. The number of rotatable bonds is 6. The highest BCUT2D eigenvalue weighted by atomic mass is 16.3. The van der Waals surface area contributed by atoms with Crippen LogP contribution in [0.25, 0.3) is 0 Å². The molecule has 1 N–H and O–H groups in total. The Hall–Kier alpha value is -0.930. The highest BCUT2D eigenvalue weighted by Gasteiger charge is 2.44. The highest BCUT2D eigenvalue weighted by molar-refractivity contribution is 5.09. The summed E-state index contributed by atoms with van der Waals surface area (Å²) in [6, 6.07) is 5.92. The molecule has 0 radical (unpaired) electrons. The minimum Gasteiger partial charge on any atom is -0.391 e. The minimum absolute atomic E-state index is 0.0268. The molecule has 0 aromatic carbocycles. The van der Waals surface area contributed by atoms with Crippen LogP contribution in [0.3, 0.4) is 0 Å². The average molecular weight is 262 g/mol. The van der Waals surface area contributed by atoms with E-state index in [1.807, 2.05) is 18.2 Å². The van der Waals surface area contributed by atoms with E-state index >= 15 is 0 Å². The summed E-state index contributed by atoms with van der Waals surface area (Å²) >= 11 is 0. The third-order valence-corrected chi connectivity index (χ3v) is 4.61. The van der Waals surface area contributed by atoms with Gasteiger partial charge in [-0.25, -0.2) is 0 Å². The van der Waals surface area contributed by atoms with Gasteiger partial charge in [0.15, 0.2) is 0 Å². The molecule has 1 unspecified atom stereocenters. The second-order valence-corrected chi connectivity index (χ2v) is 5.52. The molecule has 1 aliphatic carbocycles. The van der Waals surface area contributed by atoms with Crippen molar-refractivity contribution in [2.24, 2.45) is 0 Å². The molecule has 0 spiro atoms. The van der Waals surface area contributed by atoms with E-state index in [1.165, 1.54) is 12.8 Å². The molecule has 0 saturated heterocycles. The maximum atomic E-state index is 10.8. The molecule has 1 atom stereocenters. The molecule has 1 aromatic heterocycles. The summed E-state index contributed by atoms with van der Waals surface area (Å²) in [6.45, 7) is 6.40. The van der Waals surface area contributed by atoms with Crippen LogP contribution >= 0.6 is 0 Å². The third kappa shape index (κ3) is 2.98. The number of hydrogen-bond acceptors (Lipinski definition) is 3. The zero-order valence-electron chi connectivity index (χ0n) is 12.2. The molecule has 0 amide bonds. The fourth-order valence-electron chi connectivity index (χ4n) is 3.61. The first-order chi connectivity index (χ1) is 9.23. The molecule has 19 heavy (non-hydrogen) atoms. The van der Waals surface area contributed by atoms with Crippen molar-refractivity contribution < 1.29 is 5.11 Å². The molecule has 1 aromatic rings. The smallest absolute Gasteiger partial charge is 0.0779 e. The molecule has 106 valence electrons. The summed E-state index contributed by atoms with van der Waals surface area (Å²) in [6.07, 6.45) is 6.85.